The van der Waals surface area contributed by atoms with E-state index >= 15 is 0 Å². The van der Waals surface area contributed by atoms with Gasteiger partial charge in [-0.05, 0) is 55.3 Å². The number of benzene rings is 1. The molecule has 1 aromatic carbocycles. The van der Waals surface area contributed by atoms with Gasteiger partial charge >= 0.3 is 0 Å². The highest BCUT2D eigenvalue weighted by Gasteiger charge is 2.43. The summed E-state index contributed by atoms with van der Waals surface area (Å²) in [5, 5.41) is 9.53. The standard InChI is InChI=1S/C29H35N5O4S/c1-32-17-18-38-24-9-4-3-8-21(24)26(35)30-14-6-5-11-29(28(32)37)12-15-34(16-13-29)27(36)23-20-22(31-33(23)2)25-10-7-19-39-25/h3-4,7-10,19-20H,5-6,11-18H2,1-2H3,(H,30,35). The number of para-hydroxylation sites is 1. The molecule has 1 spiro atoms. The fraction of sp³-hybridized carbons (Fsp3) is 0.448. The number of ether oxygens (including phenoxy) is 1. The maximum absolute atomic E-state index is 13.8. The Balaban J connectivity index is 1.27. The smallest absolute Gasteiger partial charge is 0.272 e. The highest BCUT2D eigenvalue weighted by Crippen LogP contribution is 2.39. The van der Waals surface area contributed by atoms with Gasteiger partial charge in [0.15, 0.2) is 0 Å². The van der Waals surface area contributed by atoms with Gasteiger partial charge in [0.05, 0.1) is 22.4 Å². The first-order valence-electron chi connectivity index (χ1n) is 13.5. The summed E-state index contributed by atoms with van der Waals surface area (Å²) in [5.41, 5.74) is 1.32. The summed E-state index contributed by atoms with van der Waals surface area (Å²) in [6.07, 6.45) is 3.52. The molecule has 5 rings (SSSR count). The fourth-order valence-corrected chi connectivity index (χ4v) is 6.23. The number of piperidine rings is 1. The van der Waals surface area contributed by atoms with E-state index in [1.165, 1.54) is 0 Å². The minimum absolute atomic E-state index is 0.0564. The number of fused-ring (bicyclic) bond motifs is 1. The molecule has 1 N–H and O–H groups in total. The molecule has 0 radical (unpaired) electrons. The summed E-state index contributed by atoms with van der Waals surface area (Å²) >= 11 is 1.59. The Bertz CT molecular complexity index is 1330. The molecule has 2 aliphatic rings. The number of nitrogens with zero attached hydrogens (tertiary/aromatic N) is 4. The second-order valence-electron chi connectivity index (χ2n) is 10.4. The molecule has 0 aliphatic carbocycles. The molecular weight excluding hydrogens is 514 g/mol. The van der Waals surface area contributed by atoms with Crippen LogP contribution in [0.5, 0.6) is 5.75 Å². The number of hydrogen-bond donors (Lipinski definition) is 1. The minimum Gasteiger partial charge on any atom is -0.491 e. The minimum atomic E-state index is -0.536. The van der Waals surface area contributed by atoms with E-state index in [4.69, 9.17) is 4.74 Å². The Kier molecular flexibility index (Phi) is 8.02. The van der Waals surface area contributed by atoms with Gasteiger partial charge in [0, 0.05) is 33.7 Å². The number of likely N-dealkylation sites (N-methyl/N-ethyl adjacent to an activating group) is 1. The first kappa shape index (κ1) is 26.9. The molecule has 10 heteroatoms. The normalized spacial score (nSPS) is 18.7. The second kappa shape index (κ2) is 11.6. The van der Waals surface area contributed by atoms with Gasteiger partial charge < -0.3 is 19.9 Å². The number of likely N-dealkylation sites (tertiary alicyclic amines) is 1. The fourth-order valence-electron chi connectivity index (χ4n) is 5.55. The van der Waals surface area contributed by atoms with Crippen LogP contribution in [-0.2, 0) is 11.8 Å². The third-order valence-electron chi connectivity index (χ3n) is 7.86. The van der Waals surface area contributed by atoms with Gasteiger partial charge in [-0.2, -0.15) is 5.10 Å². The van der Waals surface area contributed by atoms with Crippen molar-refractivity contribution in [3.63, 3.8) is 0 Å². The molecule has 2 aromatic heterocycles. The van der Waals surface area contributed by atoms with E-state index in [1.807, 2.05) is 47.7 Å². The number of nitrogens with one attached hydrogen (secondary N) is 1. The molecule has 1 saturated heterocycles. The zero-order valence-electron chi connectivity index (χ0n) is 22.5. The first-order valence-corrected chi connectivity index (χ1v) is 14.4. The molecule has 0 atom stereocenters. The van der Waals surface area contributed by atoms with Crippen molar-refractivity contribution in [3.8, 4) is 16.3 Å². The topological polar surface area (TPSA) is 96.8 Å². The molecule has 1 fully saturated rings. The third kappa shape index (κ3) is 5.71. The molecule has 0 saturated carbocycles. The number of aromatic nitrogens is 2. The molecule has 206 valence electrons. The van der Waals surface area contributed by atoms with Crippen LogP contribution in [0.15, 0.2) is 47.8 Å². The van der Waals surface area contributed by atoms with Crippen LogP contribution in [0.1, 0.15) is 53.0 Å². The van der Waals surface area contributed by atoms with E-state index in [0.717, 1.165) is 29.8 Å². The van der Waals surface area contributed by atoms with Crippen LogP contribution in [0.4, 0.5) is 0 Å². The number of carbonyl (C=O) groups excluding carboxylic acids is 3. The van der Waals surface area contributed by atoms with E-state index < -0.39 is 5.41 Å². The third-order valence-corrected chi connectivity index (χ3v) is 8.76. The Morgan fingerprint density at radius 2 is 1.82 bits per heavy atom. The Morgan fingerprint density at radius 3 is 2.59 bits per heavy atom. The second-order valence-corrected chi connectivity index (χ2v) is 11.3. The van der Waals surface area contributed by atoms with Crippen molar-refractivity contribution in [2.75, 3.05) is 39.8 Å². The molecule has 0 unspecified atom stereocenters. The largest absolute Gasteiger partial charge is 0.491 e. The summed E-state index contributed by atoms with van der Waals surface area (Å²) in [6.45, 7) is 2.27. The van der Waals surface area contributed by atoms with Crippen molar-refractivity contribution in [1.29, 1.82) is 0 Å². The van der Waals surface area contributed by atoms with Gasteiger partial charge in [-0.15, -0.1) is 11.3 Å². The summed E-state index contributed by atoms with van der Waals surface area (Å²) < 4.78 is 7.57. The van der Waals surface area contributed by atoms with Crippen molar-refractivity contribution in [2.24, 2.45) is 12.5 Å². The van der Waals surface area contributed by atoms with Crippen LogP contribution in [0, 0.1) is 5.41 Å². The SMILES string of the molecule is CN1CCOc2ccccc2C(=O)NCCCCC2(CCN(C(=O)c3cc(-c4cccs4)nn3C)CC2)C1=O. The van der Waals surface area contributed by atoms with Gasteiger partial charge in [-0.3, -0.25) is 19.1 Å². The monoisotopic (exact) mass is 549 g/mol. The van der Waals surface area contributed by atoms with E-state index in [9.17, 15) is 14.4 Å². The summed E-state index contributed by atoms with van der Waals surface area (Å²) in [7, 11) is 3.61. The lowest BCUT2D eigenvalue weighted by atomic mass is 9.73. The van der Waals surface area contributed by atoms with E-state index in [1.54, 1.807) is 40.1 Å². The highest BCUT2D eigenvalue weighted by atomic mass is 32.1. The van der Waals surface area contributed by atoms with Crippen LogP contribution in [0.25, 0.3) is 10.6 Å². The van der Waals surface area contributed by atoms with E-state index in [-0.39, 0.29) is 17.7 Å². The van der Waals surface area contributed by atoms with Crippen LogP contribution >= 0.6 is 11.3 Å². The Labute approximate surface area is 232 Å². The van der Waals surface area contributed by atoms with Gasteiger partial charge in [0.25, 0.3) is 11.8 Å². The zero-order chi connectivity index (χ0) is 27.4. The summed E-state index contributed by atoms with van der Waals surface area (Å²) in [6, 6.07) is 13.0. The van der Waals surface area contributed by atoms with Crippen LogP contribution < -0.4 is 10.1 Å². The number of hydrogen-bond acceptors (Lipinski definition) is 6. The lowest BCUT2D eigenvalue weighted by Crippen LogP contribution is -2.51. The molecular formula is C29H35N5O4S. The van der Waals surface area contributed by atoms with Crippen molar-refractivity contribution in [3.05, 3.63) is 59.1 Å². The number of amides is 3. The Morgan fingerprint density at radius 1 is 1.03 bits per heavy atom. The molecule has 3 aromatic rings. The van der Waals surface area contributed by atoms with Crippen LogP contribution in [0.3, 0.4) is 0 Å². The van der Waals surface area contributed by atoms with Crippen molar-refractivity contribution >= 4 is 29.1 Å². The number of aryl methyl sites for hydroxylation is 1. The zero-order valence-corrected chi connectivity index (χ0v) is 23.3. The number of rotatable bonds is 2. The molecule has 9 nitrogen and oxygen atoms in total. The maximum atomic E-state index is 13.8. The highest BCUT2D eigenvalue weighted by molar-refractivity contribution is 7.13. The summed E-state index contributed by atoms with van der Waals surface area (Å²) in [5.74, 6) is 0.421. The van der Waals surface area contributed by atoms with Crippen molar-refractivity contribution in [2.45, 2.75) is 32.1 Å². The maximum Gasteiger partial charge on any atom is 0.272 e. The van der Waals surface area contributed by atoms with Gasteiger partial charge in [0.2, 0.25) is 5.91 Å². The van der Waals surface area contributed by atoms with Crippen molar-refractivity contribution in [1.82, 2.24) is 24.9 Å². The van der Waals surface area contributed by atoms with Gasteiger partial charge in [-0.1, -0.05) is 24.6 Å². The molecule has 4 heterocycles. The molecule has 0 bridgehead atoms. The number of thiophene rings is 1. The van der Waals surface area contributed by atoms with Crippen molar-refractivity contribution < 1.29 is 19.1 Å². The molecule has 3 amide bonds. The predicted molar refractivity (Wildman–Crippen MR) is 150 cm³/mol. The Hall–Kier alpha value is -3.66. The van der Waals surface area contributed by atoms with Crippen LogP contribution in [0.2, 0.25) is 0 Å². The van der Waals surface area contributed by atoms with E-state index in [2.05, 4.69) is 10.4 Å². The molecule has 2 aliphatic heterocycles. The quantitative estimate of drug-likeness (QED) is 0.524. The predicted octanol–water partition coefficient (Wildman–Crippen LogP) is 3.82. The van der Waals surface area contributed by atoms with E-state index in [0.29, 0.717) is 62.6 Å². The van der Waals surface area contributed by atoms with Gasteiger partial charge in [-0.25, -0.2) is 0 Å². The number of carbonyl (C=O) groups is 3. The average molecular weight is 550 g/mol. The summed E-state index contributed by atoms with van der Waals surface area (Å²) in [4.78, 5) is 44.6. The first-order chi connectivity index (χ1) is 18.9. The van der Waals surface area contributed by atoms with Gasteiger partial charge in [0.1, 0.15) is 23.7 Å². The average Bonchev–Trinajstić information content (AvgIpc) is 3.62. The lowest BCUT2D eigenvalue weighted by molar-refractivity contribution is -0.144. The lowest BCUT2D eigenvalue weighted by Gasteiger charge is -2.42. The van der Waals surface area contributed by atoms with Crippen LogP contribution in [-0.4, -0.2) is 77.1 Å². The molecule has 39 heavy (non-hydrogen) atoms.